The van der Waals surface area contributed by atoms with Gasteiger partial charge >= 0.3 is 0 Å². The summed E-state index contributed by atoms with van der Waals surface area (Å²) in [6.07, 6.45) is 7.78. The second kappa shape index (κ2) is 13.5. The highest BCUT2D eigenvalue weighted by molar-refractivity contribution is 5.98. The van der Waals surface area contributed by atoms with Crippen molar-refractivity contribution in [2.45, 2.75) is 64.5 Å². The van der Waals surface area contributed by atoms with E-state index >= 15 is 0 Å². The largest absolute Gasteiger partial charge is 0.369 e. The molecule has 0 unspecified atom stereocenters. The van der Waals surface area contributed by atoms with E-state index < -0.39 is 6.04 Å². The van der Waals surface area contributed by atoms with Crippen LogP contribution in [0.25, 0.3) is 0 Å². The Hall–Kier alpha value is -3.20. The van der Waals surface area contributed by atoms with Gasteiger partial charge < -0.3 is 27.0 Å². The Balaban J connectivity index is 1.65. The number of fused-ring (bicyclic) bond motifs is 2. The summed E-state index contributed by atoms with van der Waals surface area (Å²) in [4.78, 5) is 33.9. The molecule has 0 saturated heterocycles. The lowest BCUT2D eigenvalue weighted by Crippen LogP contribution is -2.40. The first-order valence-corrected chi connectivity index (χ1v) is 12.2. The van der Waals surface area contributed by atoms with Gasteiger partial charge in [-0.25, -0.2) is 4.98 Å². The van der Waals surface area contributed by atoms with Crippen molar-refractivity contribution in [1.29, 1.82) is 0 Å². The summed E-state index contributed by atoms with van der Waals surface area (Å²) in [6.45, 7) is 4.49. The Morgan fingerprint density at radius 3 is 2.44 bits per heavy atom. The Morgan fingerprint density at radius 1 is 1.00 bits per heavy atom. The molecule has 34 heavy (non-hydrogen) atoms. The quantitative estimate of drug-likeness (QED) is 0.468. The van der Waals surface area contributed by atoms with Crippen LogP contribution in [0.15, 0.2) is 30.5 Å². The van der Waals surface area contributed by atoms with Crippen molar-refractivity contribution in [2.75, 3.05) is 30.3 Å². The van der Waals surface area contributed by atoms with E-state index in [-0.39, 0.29) is 11.8 Å². The Bertz CT molecular complexity index is 933. The van der Waals surface area contributed by atoms with Crippen LogP contribution in [0.4, 0.5) is 11.8 Å². The van der Waals surface area contributed by atoms with Crippen molar-refractivity contribution in [3.05, 3.63) is 47.2 Å². The maximum atomic E-state index is 12.9. The maximum absolute atomic E-state index is 12.9. The number of aromatic nitrogens is 2. The molecule has 0 aliphatic carbocycles. The third kappa shape index (κ3) is 8.30. The second-order valence-electron chi connectivity index (χ2n) is 8.79. The summed E-state index contributed by atoms with van der Waals surface area (Å²) < 4.78 is 0. The first kappa shape index (κ1) is 25.4. The number of carbonyl (C=O) groups excluding carboxylic acids is 2. The zero-order valence-corrected chi connectivity index (χ0v) is 20.0. The predicted octanol–water partition coefficient (Wildman–Crippen LogP) is 2.73. The molecule has 0 spiro atoms. The number of aryl methyl sites for hydroxylation is 1. The molecule has 1 aromatic carbocycles. The van der Waals surface area contributed by atoms with Gasteiger partial charge in [0.1, 0.15) is 11.4 Å². The zero-order chi connectivity index (χ0) is 24.2. The topological polar surface area (TPSA) is 134 Å². The number of nitrogens with one attached hydrogen (secondary N) is 4. The molecule has 1 aromatic heterocycles. The molecule has 9 heteroatoms. The summed E-state index contributed by atoms with van der Waals surface area (Å²) in [5.74, 6) is 0.703. The van der Waals surface area contributed by atoms with Crippen LogP contribution < -0.4 is 27.0 Å². The normalized spacial score (nSPS) is 18.4. The summed E-state index contributed by atoms with van der Waals surface area (Å²) in [7, 11) is 0. The number of rotatable bonds is 3. The fourth-order valence-electron chi connectivity index (χ4n) is 3.72. The standard InChI is InChI=1S/C25H37N7O2/c1-18-9-11-19(12-10-18)16-30-23(33)20-17-31-25-29-15-6-3-2-5-14-28-24(34)21(26)8-4-7-13-27-22(20)32-25/h9-12,17,21H,2-8,13-16,26H2,1H3,(H,28,34)(H,30,33)(H2,27,29,31,32)/t21-/m0/s1. The summed E-state index contributed by atoms with van der Waals surface area (Å²) in [5, 5.41) is 12.4. The molecule has 9 nitrogen and oxygen atoms in total. The molecule has 6 N–H and O–H groups in total. The SMILES string of the molecule is Cc1ccc(CNC(=O)c2cnc3nc2NCCCC[C@H](N)C(=O)NCCCCCCN3)cc1. The molecule has 0 saturated carbocycles. The van der Waals surface area contributed by atoms with E-state index in [1.165, 1.54) is 5.56 Å². The fourth-order valence-corrected chi connectivity index (χ4v) is 3.72. The molecule has 2 heterocycles. The molecule has 1 aliphatic heterocycles. The summed E-state index contributed by atoms with van der Waals surface area (Å²) in [5.41, 5.74) is 8.63. The number of hydrogen-bond acceptors (Lipinski definition) is 7. The van der Waals surface area contributed by atoms with Crippen molar-refractivity contribution >= 4 is 23.6 Å². The van der Waals surface area contributed by atoms with Crippen molar-refractivity contribution < 1.29 is 9.59 Å². The summed E-state index contributed by atoms with van der Waals surface area (Å²) >= 11 is 0. The van der Waals surface area contributed by atoms with Crippen LogP contribution in [0.2, 0.25) is 0 Å². The molecule has 0 radical (unpaired) electrons. The molecule has 0 fully saturated rings. The molecule has 184 valence electrons. The van der Waals surface area contributed by atoms with Gasteiger partial charge in [-0.2, -0.15) is 4.98 Å². The number of nitrogens with two attached hydrogens (primary N) is 1. The molecule has 2 aromatic rings. The molecular weight excluding hydrogens is 430 g/mol. The van der Waals surface area contributed by atoms with Crippen LogP contribution in [0.1, 0.15) is 66.4 Å². The Morgan fingerprint density at radius 2 is 1.68 bits per heavy atom. The van der Waals surface area contributed by atoms with Gasteiger partial charge in [-0.1, -0.05) is 42.7 Å². The van der Waals surface area contributed by atoms with Gasteiger partial charge in [0, 0.05) is 32.4 Å². The van der Waals surface area contributed by atoms with Gasteiger partial charge in [0.05, 0.1) is 6.04 Å². The van der Waals surface area contributed by atoms with Crippen LogP contribution in [0, 0.1) is 6.92 Å². The van der Waals surface area contributed by atoms with Crippen LogP contribution in [-0.4, -0.2) is 47.5 Å². The summed E-state index contributed by atoms with van der Waals surface area (Å²) in [6, 6.07) is 7.56. The maximum Gasteiger partial charge on any atom is 0.256 e. The first-order valence-electron chi connectivity index (χ1n) is 12.2. The number of anilines is 2. The Labute approximate surface area is 201 Å². The highest BCUT2D eigenvalue weighted by atomic mass is 16.2. The van der Waals surface area contributed by atoms with Crippen LogP contribution in [0.5, 0.6) is 0 Å². The second-order valence-corrected chi connectivity index (χ2v) is 8.79. The van der Waals surface area contributed by atoms with Crippen LogP contribution in [0.3, 0.4) is 0 Å². The van der Waals surface area contributed by atoms with E-state index in [0.717, 1.165) is 50.6 Å². The van der Waals surface area contributed by atoms with Gasteiger partial charge in [0.2, 0.25) is 11.9 Å². The molecule has 1 atom stereocenters. The smallest absolute Gasteiger partial charge is 0.256 e. The zero-order valence-electron chi connectivity index (χ0n) is 20.0. The number of benzene rings is 1. The van der Waals surface area contributed by atoms with Crippen molar-refractivity contribution in [1.82, 2.24) is 20.6 Å². The van der Waals surface area contributed by atoms with E-state index in [4.69, 9.17) is 5.73 Å². The number of nitrogens with zero attached hydrogens (tertiary/aromatic N) is 2. The molecule has 3 rings (SSSR count). The van der Waals surface area contributed by atoms with Crippen LogP contribution in [-0.2, 0) is 11.3 Å². The molecular formula is C25H37N7O2. The lowest BCUT2D eigenvalue weighted by molar-refractivity contribution is -0.122. The lowest BCUT2D eigenvalue weighted by Gasteiger charge is -2.15. The average molecular weight is 468 g/mol. The van der Waals surface area contributed by atoms with Gasteiger partial charge in [0.15, 0.2) is 0 Å². The molecule has 2 bridgehead atoms. The third-order valence-electron chi connectivity index (χ3n) is 5.86. The van der Waals surface area contributed by atoms with Gasteiger partial charge in [-0.3, -0.25) is 9.59 Å². The van der Waals surface area contributed by atoms with Crippen molar-refractivity contribution in [3.63, 3.8) is 0 Å². The minimum Gasteiger partial charge on any atom is -0.369 e. The van der Waals surface area contributed by atoms with Crippen molar-refractivity contribution in [2.24, 2.45) is 5.73 Å². The first-order chi connectivity index (χ1) is 16.5. The van der Waals surface area contributed by atoms with Gasteiger partial charge in [-0.15, -0.1) is 0 Å². The van der Waals surface area contributed by atoms with E-state index in [0.29, 0.717) is 43.4 Å². The van der Waals surface area contributed by atoms with Crippen molar-refractivity contribution in [3.8, 4) is 0 Å². The third-order valence-corrected chi connectivity index (χ3v) is 5.86. The van der Waals surface area contributed by atoms with Crippen LogP contribution >= 0.6 is 0 Å². The highest BCUT2D eigenvalue weighted by Gasteiger charge is 2.16. The highest BCUT2D eigenvalue weighted by Crippen LogP contribution is 2.16. The molecule has 2 amide bonds. The van der Waals surface area contributed by atoms with E-state index in [2.05, 4.69) is 31.2 Å². The lowest BCUT2D eigenvalue weighted by atomic mass is 10.1. The monoisotopic (exact) mass is 467 g/mol. The minimum absolute atomic E-state index is 0.0799. The fraction of sp³-hybridized carbons (Fsp3) is 0.520. The Kier molecular flexibility index (Phi) is 10.1. The number of amides is 2. The number of carbonyl (C=O) groups is 2. The predicted molar refractivity (Wildman–Crippen MR) is 135 cm³/mol. The minimum atomic E-state index is -0.489. The molecule has 1 aliphatic rings. The van der Waals surface area contributed by atoms with Gasteiger partial charge in [-0.05, 0) is 44.6 Å². The van der Waals surface area contributed by atoms with Gasteiger partial charge in [0.25, 0.3) is 5.91 Å². The van der Waals surface area contributed by atoms with E-state index in [1.807, 2.05) is 31.2 Å². The average Bonchev–Trinajstić information content (AvgIpc) is 2.84. The van der Waals surface area contributed by atoms with E-state index in [1.54, 1.807) is 6.20 Å². The number of hydrogen-bond donors (Lipinski definition) is 5. The van der Waals surface area contributed by atoms with E-state index in [9.17, 15) is 9.59 Å².